The molecule has 2 heterocycles. The molecule has 0 aliphatic heterocycles. The van der Waals surface area contributed by atoms with E-state index in [1.54, 1.807) is 24.0 Å². The molecule has 0 aromatic carbocycles. The number of hydrogen-bond acceptors (Lipinski definition) is 4. The van der Waals surface area contributed by atoms with Crippen LogP contribution in [0.25, 0.3) is 10.9 Å². The monoisotopic (exact) mass is 191 g/mol. The number of hydrogen-bond donors (Lipinski definition) is 0. The van der Waals surface area contributed by atoms with Gasteiger partial charge in [-0.05, 0) is 0 Å². The van der Waals surface area contributed by atoms with Crippen molar-refractivity contribution in [3.05, 3.63) is 18.0 Å². The van der Waals surface area contributed by atoms with E-state index in [4.69, 9.17) is 4.74 Å². The molecule has 0 radical (unpaired) electrons. The zero-order valence-electron chi connectivity index (χ0n) is 7.89. The Balaban J connectivity index is 2.77. The molecule has 0 fully saturated rings. The summed E-state index contributed by atoms with van der Waals surface area (Å²) in [4.78, 5) is 14.7. The summed E-state index contributed by atoms with van der Waals surface area (Å²) in [6.07, 6.45) is 2.36. The van der Waals surface area contributed by atoms with Gasteiger partial charge in [0.2, 0.25) is 5.88 Å². The van der Waals surface area contributed by atoms with Crippen LogP contribution in [0.2, 0.25) is 0 Å². The molecule has 0 atom stereocenters. The minimum Gasteiger partial charge on any atom is -0.481 e. The molecule has 0 spiro atoms. The van der Waals surface area contributed by atoms with Gasteiger partial charge in [-0.15, -0.1) is 0 Å². The molecule has 0 aliphatic rings. The number of methoxy groups -OCH3 is 1. The van der Waals surface area contributed by atoms with Crippen LogP contribution in [0.3, 0.4) is 0 Å². The predicted octanol–water partition coefficient (Wildman–Crippen LogP) is 0.789. The molecule has 0 amide bonds. The first-order valence-corrected chi connectivity index (χ1v) is 4.08. The first-order chi connectivity index (χ1) is 6.76. The van der Waals surface area contributed by atoms with E-state index in [2.05, 4.69) is 10.1 Å². The van der Waals surface area contributed by atoms with Crippen LogP contribution in [0.1, 0.15) is 10.5 Å². The van der Waals surface area contributed by atoms with E-state index in [1.807, 2.05) is 0 Å². The Bertz CT molecular complexity index is 490. The second kappa shape index (κ2) is 3.10. The van der Waals surface area contributed by atoms with E-state index in [0.717, 1.165) is 17.2 Å². The van der Waals surface area contributed by atoms with Crippen LogP contribution in [0.5, 0.6) is 5.88 Å². The average Bonchev–Trinajstić information content (AvgIpc) is 2.55. The van der Waals surface area contributed by atoms with Crippen molar-refractivity contribution in [1.82, 2.24) is 14.8 Å². The minimum absolute atomic E-state index is 0.406. The van der Waals surface area contributed by atoms with E-state index in [-0.39, 0.29) is 0 Å². The lowest BCUT2D eigenvalue weighted by Crippen LogP contribution is -1.91. The number of pyridine rings is 1. The molecule has 0 aliphatic carbocycles. The molecule has 2 rings (SSSR count). The van der Waals surface area contributed by atoms with Gasteiger partial charge in [-0.25, -0.2) is 4.98 Å². The van der Waals surface area contributed by atoms with Crippen LogP contribution in [-0.4, -0.2) is 28.2 Å². The lowest BCUT2D eigenvalue weighted by atomic mass is 10.2. The summed E-state index contributed by atoms with van der Waals surface area (Å²) in [6.45, 7) is 0. The van der Waals surface area contributed by atoms with Crippen molar-refractivity contribution in [2.45, 2.75) is 0 Å². The quantitative estimate of drug-likeness (QED) is 0.658. The van der Waals surface area contributed by atoms with Crippen molar-refractivity contribution in [2.75, 3.05) is 7.11 Å². The van der Waals surface area contributed by atoms with Crippen molar-refractivity contribution in [2.24, 2.45) is 7.05 Å². The van der Waals surface area contributed by atoms with Gasteiger partial charge < -0.3 is 4.74 Å². The number of ether oxygens (including phenoxy) is 1. The van der Waals surface area contributed by atoms with Crippen molar-refractivity contribution < 1.29 is 9.53 Å². The van der Waals surface area contributed by atoms with Crippen LogP contribution in [0.15, 0.2) is 12.3 Å². The fourth-order valence-corrected chi connectivity index (χ4v) is 1.36. The van der Waals surface area contributed by atoms with Gasteiger partial charge in [0.25, 0.3) is 0 Å². The Hall–Kier alpha value is -1.91. The second-order valence-electron chi connectivity index (χ2n) is 2.87. The van der Waals surface area contributed by atoms with Crippen LogP contribution in [-0.2, 0) is 7.05 Å². The van der Waals surface area contributed by atoms with Crippen LogP contribution in [0, 0.1) is 0 Å². The number of rotatable bonds is 2. The van der Waals surface area contributed by atoms with E-state index in [9.17, 15) is 4.79 Å². The molecule has 0 saturated carbocycles. The standard InChI is InChI=1S/C9H9N3O2/c1-12-8-4-10-9(14-2)3-6(8)7(5-13)11-12/h3-5H,1-2H3. The number of carbonyl (C=O) groups excluding carboxylic acids is 1. The number of aryl methyl sites for hydroxylation is 1. The largest absolute Gasteiger partial charge is 0.481 e. The molecule has 2 aromatic rings. The number of nitrogens with zero attached hydrogens (tertiary/aromatic N) is 3. The van der Waals surface area contributed by atoms with Crippen molar-refractivity contribution >= 4 is 17.2 Å². The molecule has 72 valence electrons. The molecule has 0 N–H and O–H groups in total. The fraction of sp³-hybridized carbons (Fsp3) is 0.222. The molecule has 0 bridgehead atoms. The number of aldehydes is 1. The smallest absolute Gasteiger partial charge is 0.213 e. The summed E-state index contributed by atoms with van der Waals surface area (Å²) >= 11 is 0. The number of carbonyl (C=O) groups is 1. The third-order valence-corrected chi connectivity index (χ3v) is 2.06. The van der Waals surface area contributed by atoms with Gasteiger partial charge in [0.05, 0.1) is 18.8 Å². The average molecular weight is 191 g/mol. The molecule has 14 heavy (non-hydrogen) atoms. The van der Waals surface area contributed by atoms with Crippen molar-refractivity contribution in [3.8, 4) is 5.88 Å². The summed E-state index contributed by atoms with van der Waals surface area (Å²) in [5.74, 6) is 0.480. The Labute approximate surface area is 80.3 Å². The van der Waals surface area contributed by atoms with Gasteiger partial charge in [0.1, 0.15) is 5.69 Å². The maximum Gasteiger partial charge on any atom is 0.213 e. The predicted molar refractivity (Wildman–Crippen MR) is 50.4 cm³/mol. The fourth-order valence-electron chi connectivity index (χ4n) is 1.36. The molecular weight excluding hydrogens is 182 g/mol. The normalized spacial score (nSPS) is 10.4. The van der Waals surface area contributed by atoms with Gasteiger partial charge in [-0.3, -0.25) is 9.48 Å². The first-order valence-electron chi connectivity index (χ1n) is 4.08. The summed E-state index contributed by atoms with van der Waals surface area (Å²) in [5, 5.41) is 4.80. The van der Waals surface area contributed by atoms with Crippen LogP contribution in [0.4, 0.5) is 0 Å². The minimum atomic E-state index is 0.406. The van der Waals surface area contributed by atoms with E-state index >= 15 is 0 Å². The SMILES string of the molecule is COc1cc2c(C=O)nn(C)c2cn1. The molecule has 0 unspecified atom stereocenters. The summed E-state index contributed by atoms with van der Waals surface area (Å²) in [6, 6.07) is 1.70. The molecule has 2 aromatic heterocycles. The van der Waals surface area contributed by atoms with E-state index in [1.165, 1.54) is 7.11 Å². The van der Waals surface area contributed by atoms with Gasteiger partial charge in [-0.2, -0.15) is 5.10 Å². The second-order valence-corrected chi connectivity index (χ2v) is 2.87. The Morgan fingerprint density at radius 2 is 2.36 bits per heavy atom. The molecule has 0 saturated heterocycles. The Morgan fingerprint density at radius 1 is 1.57 bits per heavy atom. The maximum atomic E-state index is 10.7. The first kappa shape index (κ1) is 8.68. The van der Waals surface area contributed by atoms with Gasteiger partial charge >= 0.3 is 0 Å². The van der Waals surface area contributed by atoms with Gasteiger partial charge in [-0.1, -0.05) is 0 Å². The third kappa shape index (κ3) is 1.14. The molecular formula is C9H9N3O2. The van der Waals surface area contributed by atoms with E-state index < -0.39 is 0 Å². The maximum absolute atomic E-state index is 10.7. The number of aromatic nitrogens is 3. The highest BCUT2D eigenvalue weighted by atomic mass is 16.5. The molecule has 5 nitrogen and oxygen atoms in total. The van der Waals surface area contributed by atoms with E-state index in [0.29, 0.717) is 11.6 Å². The van der Waals surface area contributed by atoms with Crippen molar-refractivity contribution in [1.29, 1.82) is 0 Å². The van der Waals surface area contributed by atoms with Crippen LogP contribution >= 0.6 is 0 Å². The lowest BCUT2D eigenvalue weighted by Gasteiger charge is -1.97. The highest BCUT2D eigenvalue weighted by molar-refractivity contribution is 5.95. The zero-order valence-corrected chi connectivity index (χ0v) is 7.89. The highest BCUT2D eigenvalue weighted by Gasteiger charge is 2.08. The summed E-state index contributed by atoms with van der Waals surface area (Å²) in [5.41, 5.74) is 1.22. The summed E-state index contributed by atoms with van der Waals surface area (Å²) in [7, 11) is 3.30. The summed E-state index contributed by atoms with van der Waals surface area (Å²) < 4.78 is 6.58. The Morgan fingerprint density at radius 3 is 3.00 bits per heavy atom. The van der Waals surface area contributed by atoms with Gasteiger partial charge in [0, 0.05) is 18.5 Å². The third-order valence-electron chi connectivity index (χ3n) is 2.06. The Kier molecular flexibility index (Phi) is 1.92. The molecule has 5 heteroatoms. The highest BCUT2D eigenvalue weighted by Crippen LogP contribution is 2.19. The van der Waals surface area contributed by atoms with Crippen LogP contribution < -0.4 is 4.74 Å². The topological polar surface area (TPSA) is 57.0 Å². The van der Waals surface area contributed by atoms with Gasteiger partial charge in [0.15, 0.2) is 6.29 Å². The number of fused-ring (bicyclic) bond motifs is 1. The van der Waals surface area contributed by atoms with Crippen molar-refractivity contribution in [3.63, 3.8) is 0 Å². The lowest BCUT2D eigenvalue weighted by molar-refractivity contribution is 0.112. The zero-order chi connectivity index (χ0) is 10.1.